The van der Waals surface area contributed by atoms with Crippen LogP contribution in [-0.2, 0) is 11.4 Å². The number of hydrogen-bond acceptors (Lipinski definition) is 4. The molecule has 5 nitrogen and oxygen atoms in total. The van der Waals surface area contributed by atoms with Crippen LogP contribution in [0.15, 0.2) is 90.6 Å². The van der Waals surface area contributed by atoms with Crippen molar-refractivity contribution >= 4 is 34.1 Å². The quantitative estimate of drug-likeness (QED) is 0.275. The van der Waals surface area contributed by atoms with Gasteiger partial charge in [0.25, 0.3) is 0 Å². The highest BCUT2D eigenvalue weighted by Crippen LogP contribution is 2.17. The van der Waals surface area contributed by atoms with Gasteiger partial charge in [0.15, 0.2) is 0 Å². The van der Waals surface area contributed by atoms with Gasteiger partial charge in [-0.25, -0.2) is 9.78 Å². The summed E-state index contributed by atoms with van der Waals surface area (Å²) in [6.45, 7) is 0.418. The van der Waals surface area contributed by atoms with Crippen molar-refractivity contribution in [2.75, 3.05) is 0 Å². The zero-order chi connectivity index (χ0) is 19.3. The minimum absolute atomic E-state index is 0.344. The molecule has 0 aliphatic rings. The van der Waals surface area contributed by atoms with E-state index in [1.807, 2.05) is 53.2 Å². The van der Waals surface area contributed by atoms with Crippen LogP contribution >= 0.6 is 11.6 Å². The van der Waals surface area contributed by atoms with Crippen molar-refractivity contribution in [2.45, 2.75) is 6.54 Å². The first-order chi connectivity index (χ1) is 13.7. The molecule has 138 valence electrons. The highest BCUT2D eigenvalue weighted by Gasteiger charge is 2.11. The van der Waals surface area contributed by atoms with Crippen LogP contribution in [0.4, 0.5) is 0 Å². The first-order valence-electron chi connectivity index (χ1n) is 8.68. The van der Waals surface area contributed by atoms with Crippen LogP contribution in [0.5, 0.6) is 0 Å². The molecule has 0 saturated heterocycles. The second-order valence-electron chi connectivity index (χ2n) is 6.22. The fraction of sp³-hybridized carbons (Fsp3) is 0.0455. The molecule has 0 atom stereocenters. The van der Waals surface area contributed by atoms with Crippen LogP contribution in [0.25, 0.3) is 10.8 Å². The van der Waals surface area contributed by atoms with Crippen molar-refractivity contribution in [3.63, 3.8) is 0 Å². The SMILES string of the molecule is O=C(O/N=C(/Cn1ccnc1)c1ccc2ccccc2c1)c1cccc(Cl)c1. The van der Waals surface area contributed by atoms with Crippen LogP contribution in [0, 0.1) is 0 Å². The number of rotatable bonds is 5. The molecule has 3 aromatic carbocycles. The van der Waals surface area contributed by atoms with Gasteiger partial charge in [0.05, 0.1) is 18.4 Å². The topological polar surface area (TPSA) is 56.5 Å². The Kier molecular flexibility index (Phi) is 5.17. The minimum Gasteiger partial charge on any atom is -0.331 e. The second-order valence-corrected chi connectivity index (χ2v) is 6.66. The van der Waals surface area contributed by atoms with E-state index in [1.165, 1.54) is 0 Å². The summed E-state index contributed by atoms with van der Waals surface area (Å²) in [6.07, 6.45) is 5.21. The van der Waals surface area contributed by atoms with Gasteiger partial charge in [-0.2, -0.15) is 0 Å². The van der Waals surface area contributed by atoms with Gasteiger partial charge in [0.1, 0.15) is 5.71 Å². The summed E-state index contributed by atoms with van der Waals surface area (Å²) in [7, 11) is 0. The van der Waals surface area contributed by atoms with E-state index in [4.69, 9.17) is 16.4 Å². The van der Waals surface area contributed by atoms with Gasteiger partial charge in [-0.15, -0.1) is 0 Å². The van der Waals surface area contributed by atoms with Crippen molar-refractivity contribution in [2.24, 2.45) is 5.16 Å². The van der Waals surface area contributed by atoms with Gasteiger partial charge >= 0.3 is 5.97 Å². The standard InChI is InChI=1S/C22H16ClN3O2/c23-20-7-3-6-19(13-20)22(27)28-25-21(14-26-11-10-24-15-26)18-9-8-16-4-1-2-5-17(16)12-18/h1-13,15H,14H2/b25-21-. The van der Waals surface area contributed by atoms with Crippen molar-refractivity contribution in [1.29, 1.82) is 0 Å². The maximum Gasteiger partial charge on any atom is 0.365 e. The number of halogens is 1. The molecule has 0 spiro atoms. The summed E-state index contributed by atoms with van der Waals surface area (Å²) >= 11 is 5.94. The number of oxime groups is 1. The molecule has 6 heteroatoms. The smallest absolute Gasteiger partial charge is 0.331 e. The van der Waals surface area contributed by atoms with Crippen molar-refractivity contribution in [3.05, 3.63) is 102 Å². The van der Waals surface area contributed by atoms with Crippen LogP contribution in [0.3, 0.4) is 0 Å². The molecule has 0 fully saturated rings. The summed E-state index contributed by atoms with van der Waals surface area (Å²) < 4.78 is 1.86. The number of carbonyl (C=O) groups excluding carboxylic acids is 1. The Morgan fingerprint density at radius 1 is 1.00 bits per heavy atom. The van der Waals surface area contributed by atoms with Crippen LogP contribution in [0.2, 0.25) is 5.02 Å². The lowest BCUT2D eigenvalue weighted by atomic mass is 10.0. The van der Waals surface area contributed by atoms with Crippen LogP contribution < -0.4 is 0 Å². The van der Waals surface area contributed by atoms with Gasteiger partial charge in [-0.3, -0.25) is 0 Å². The van der Waals surface area contributed by atoms with E-state index in [2.05, 4.69) is 10.1 Å². The van der Waals surface area contributed by atoms with E-state index in [9.17, 15) is 4.79 Å². The summed E-state index contributed by atoms with van der Waals surface area (Å²) in [5.74, 6) is -0.563. The predicted molar refractivity (Wildman–Crippen MR) is 110 cm³/mol. The van der Waals surface area contributed by atoms with Crippen molar-refractivity contribution < 1.29 is 9.63 Å². The number of carbonyl (C=O) groups is 1. The highest BCUT2D eigenvalue weighted by atomic mass is 35.5. The molecule has 0 bridgehead atoms. The molecule has 4 rings (SSSR count). The fourth-order valence-corrected chi connectivity index (χ4v) is 3.05. The normalized spacial score (nSPS) is 11.5. The summed E-state index contributed by atoms with van der Waals surface area (Å²) in [5, 5.41) is 6.83. The van der Waals surface area contributed by atoms with E-state index in [-0.39, 0.29) is 0 Å². The highest BCUT2D eigenvalue weighted by molar-refractivity contribution is 6.30. The third-order valence-corrected chi connectivity index (χ3v) is 4.51. The number of benzene rings is 3. The van der Waals surface area contributed by atoms with Gasteiger partial charge in [0, 0.05) is 23.0 Å². The molecule has 0 aliphatic carbocycles. The number of nitrogens with zero attached hydrogens (tertiary/aromatic N) is 3. The lowest BCUT2D eigenvalue weighted by Crippen LogP contribution is -2.13. The molecule has 0 N–H and O–H groups in total. The zero-order valence-electron chi connectivity index (χ0n) is 14.8. The molecule has 0 unspecified atom stereocenters. The molecule has 0 amide bonds. The van der Waals surface area contributed by atoms with Gasteiger partial charge in [-0.05, 0) is 35.0 Å². The van der Waals surface area contributed by atoms with Crippen molar-refractivity contribution in [3.8, 4) is 0 Å². The summed E-state index contributed by atoms with van der Waals surface area (Å²) in [5.41, 5.74) is 1.82. The van der Waals surface area contributed by atoms with Crippen LogP contribution in [-0.4, -0.2) is 21.2 Å². The third-order valence-electron chi connectivity index (χ3n) is 4.27. The number of hydrogen-bond donors (Lipinski definition) is 0. The van der Waals surface area contributed by atoms with E-state index in [0.29, 0.717) is 22.8 Å². The second kappa shape index (κ2) is 8.06. The van der Waals surface area contributed by atoms with E-state index >= 15 is 0 Å². The Labute approximate surface area is 166 Å². The average Bonchev–Trinajstić information content (AvgIpc) is 3.23. The molecule has 4 aromatic rings. The maximum atomic E-state index is 12.3. The molecule has 1 heterocycles. The maximum absolute atomic E-state index is 12.3. The van der Waals surface area contributed by atoms with Gasteiger partial charge in [0.2, 0.25) is 0 Å². The van der Waals surface area contributed by atoms with Gasteiger partial charge in [-0.1, -0.05) is 59.2 Å². The predicted octanol–water partition coefficient (Wildman–Crippen LogP) is 4.95. The number of aromatic nitrogens is 2. The van der Waals surface area contributed by atoms with Gasteiger partial charge < -0.3 is 9.40 Å². The summed E-state index contributed by atoms with van der Waals surface area (Å²) in [4.78, 5) is 21.6. The average molecular weight is 390 g/mol. The monoisotopic (exact) mass is 389 g/mol. The molecule has 0 aliphatic heterocycles. The van der Waals surface area contributed by atoms with E-state index in [0.717, 1.165) is 16.3 Å². The zero-order valence-corrected chi connectivity index (χ0v) is 15.6. The fourth-order valence-electron chi connectivity index (χ4n) is 2.86. The minimum atomic E-state index is -0.563. The first-order valence-corrected chi connectivity index (χ1v) is 9.05. The largest absolute Gasteiger partial charge is 0.365 e. The molecule has 1 aromatic heterocycles. The van der Waals surface area contributed by atoms with E-state index in [1.54, 1.807) is 36.8 Å². The Hall–Kier alpha value is -3.44. The Balaban J connectivity index is 1.66. The van der Waals surface area contributed by atoms with Crippen molar-refractivity contribution in [1.82, 2.24) is 9.55 Å². The summed E-state index contributed by atoms with van der Waals surface area (Å²) in [6, 6.07) is 20.6. The van der Waals surface area contributed by atoms with Crippen LogP contribution in [0.1, 0.15) is 15.9 Å². The lowest BCUT2D eigenvalue weighted by Gasteiger charge is -2.09. The molecule has 0 radical (unpaired) electrons. The molecule has 28 heavy (non-hydrogen) atoms. The Morgan fingerprint density at radius 3 is 2.64 bits per heavy atom. The molecular formula is C22H16ClN3O2. The number of fused-ring (bicyclic) bond motifs is 1. The number of imidazole rings is 1. The van der Waals surface area contributed by atoms with E-state index < -0.39 is 5.97 Å². The first kappa shape index (κ1) is 17.9. The Morgan fingerprint density at radius 2 is 1.86 bits per heavy atom. The third kappa shape index (κ3) is 4.10. The Bertz CT molecular complexity index is 1150. The molecular weight excluding hydrogens is 374 g/mol. The lowest BCUT2D eigenvalue weighted by molar-refractivity contribution is 0.0515. The molecule has 0 saturated carbocycles.